The molecule has 2 aromatic carbocycles. The molecular formula is C22H17Cl2N3O3. The van der Waals surface area contributed by atoms with Crippen molar-refractivity contribution < 1.29 is 9.21 Å². The Hall–Kier alpha value is -3.22. The van der Waals surface area contributed by atoms with Gasteiger partial charge in [0.25, 0.3) is 11.5 Å². The summed E-state index contributed by atoms with van der Waals surface area (Å²) in [6.07, 6.45) is 0. The number of furan rings is 1. The first-order chi connectivity index (χ1) is 14.4. The third-order valence-electron chi connectivity index (χ3n) is 4.82. The fourth-order valence-corrected chi connectivity index (χ4v) is 3.68. The van der Waals surface area contributed by atoms with Crippen molar-refractivity contribution in [1.29, 1.82) is 0 Å². The van der Waals surface area contributed by atoms with Gasteiger partial charge < -0.3 is 9.73 Å². The monoisotopic (exact) mass is 441 g/mol. The number of hydrogen-bond acceptors (Lipinski definition) is 3. The van der Waals surface area contributed by atoms with E-state index in [4.69, 9.17) is 27.6 Å². The van der Waals surface area contributed by atoms with Gasteiger partial charge in [-0.25, -0.2) is 4.68 Å². The largest absolute Gasteiger partial charge is 0.451 e. The van der Waals surface area contributed by atoms with E-state index in [1.54, 1.807) is 42.9 Å². The maximum Gasteiger partial charge on any atom is 0.295 e. The van der Waals surface area contributed by atoms with Gasteiger partial charge in [-0.1, -0.05) is 41.4 Å². The Labute approximate surface area is 182 Å². The number of halogens is 2. The molecule has 4 rings (SSSR count). The van der Waals surface area contributed by atoms with Crippen molar-refractivity contribution in [2.45, 2.75) is 6.92 Å². The fraction of sp³-hybridized carbons (Fsp3) is 0.0909. The molecule has 8 heteroatoms. The second-order valence-electron chi connectivity index (χ2n) is 6.68. The Morgan fingerprint density at radius 3 is 2.47 bits per heavy atom. The number of rotatable bonds is 4. The summed E-state index contributed by atoms with van der Waals surface area (Å²) in [5.74, 6) is -0.0458. The van der Waals surface area contributed by atoms with Crippen LogP contribution in [0.4, 0.5) is 5.69 Å². The van der Waals surface area contributed by atoms with Crippen molar-refractivity contribution in [3.8, 4) is 17.0 Å². The molecule has 0 spiro atoms. The molecular weight excluding hydrogens is 425 g/mol. The first-order valence-corrected chi connectivity index (χ1v) is 9.83. The average Bonchev–Trinajstić information content (AvgIpc) is 3.29. The van der Waals surface area contributed by atoms with Gasteiger partial charge in [0.1, 0.15) is 11.4 Å². The SMILES string of the molecule is Cc1c(NC(=O)c2ccc(-c3ccc(Cl)cc3Cl)o2)c(=O)n(-c2ccccc2)n1C. The van der Waals surface area contributed by atoms with Crippen molar-refractivity contribution in [3.05, 3.63) is 92.5 Å². The summed E-state index contributed by atoms with van der Waals surface area (Å²) >= 11 is 12.1. The van der Waals surface area contributed by atoms with Crippen LogP contribution in [-0.4, -0.2) is 15.3 Å². The lowest BCUT2D eigenvalue weighted by molar-refractivity contribution is 0.0997. The number of benzene rings is 2. The Morgan fingerprint density at radius 2 is 1.77 bits per heavy atom. The third-order valence-corrected chi connectivity index (χ3v) is 5.37. The topological polar surface area (TPSA) is 69.2 Å². The van der Waals surface area contributed by atoms with Crippen LogP contribution in [0.2, 0.25) is 10.0 Å². The van der Waals surface area contributed by atoms with Gasteiger partial charge in [0.2, 0.25) is 0 Å². The highest BCUT2D eigenvalue weighted by Gasteiger charge is 2.21. The molecule has 0 aliphatic rings. The second-order valence-corrected chi connectivity index (χ2v) is 7.52. The van der Waals surface area contributed by atoms with Crippen LogP contribution < -0.4 is 10.9 Å². The van der Waals surface area contributed by atoms with Crippen molar-refractivity contribution in [2.75, 3.05) is 5.32 Å². The van der Waals surface area contributed by atoms with E-state index in [0.717, 1.165) is 0 Å². The Kier molecular flexibility index (Phi) is 5.28. The molecule has 0 aliphatic carbocycles. The molecule has 0 saturated carbocycles. The molecule has 1 amide bonds. The highest BCUT2D eigenvalue weighted by atomic mass is 35.5. The average molecular weight is 442 g/mol. The van der Waals surface area contributed by atoms with Crippen molar-refractivity contribution in [2.24, 2.45) is 7.05 Å². The maximum absolute atomic E-state index is 12.9. The number of para-hydroxylation sites is 1. The zero-order chi connectivity index (χ0) is 21.4. The molecule has 30 heavy (non-hydrogen) atoms. The molecule has 0 unspecified atom stereocenters. The summed E-state index contributed by atoms with van der Waals surface area (Å²) < 4.78 is 8.85. The van der Waals surface area contributed by atoms with E-state index < -0.39 is 5.91 Å². The van der Waals surface area contributed by atoms with E-state index in [2.05, 4.69) is 5.32 Å². The number of amides is 1. The Bertz CT molecular complexity index is 1300. The predicted octanol–water partition coefficient (Wildman–Crippen LogP) is 5.30. The predicted molar refractivity (Wildman–Crippen MR) is 118 cm³/mol. The van der Waals surface area contributed by atoms with E-state index in [-0.39, 0.29) is 17.0 Å². The van der Waals surface area contributed by atoms with Crippen molar-refractivity contribution in [1.82, 2.24) is 9.36 Å². The molecule has 0 aliphatic heterocycles. The summed E-state index contributed by atoms with van der Waals surface area (Å²) in [5, 5.41) is 3.59. The van der Waals surface area contributed by atoms with E-state index in [0.29, 0.717) is 32.8 Å². The normalized spacial score (nSPS) is 10.9. The molecule has 0 saturated heterocycles. The number of hydrogen-bond donors (Lipinski definition) is 1. The van der Waals surface area contributed by atoms with Gasteiger partial charge in [0, 0.05) is 17.6 Å². The minimum atomic E-state index is -0.530. The van der Waals surface area contributed by atoms with Gasteiger partial charge >= 0.3 is 0 Å². The van der Waals surface area contributed by atoms with Crippen molar-refractivity contribution >= 4 is 34.8 Å². The molecule has 4 aromatic rings. The van der Waals surface area contributed by atoms with Gasteiger partial charge in [-0.3, -0.25) is 14.3 Å². The summed E-state index contributed by atoms with van der Waals surface area (Å²) in [7, 11) is 1.76. The first-order valence-electron chi connectivity index (χ1n) is 9.07. The van der Waals surface area contributed by atoms with Crippen LogP contribution in [0.25, 0.3) is 17.0 Å². The van der Waals surface area contributed by atoms with Gasteiger partial charge in [-0.05, 0) is 49.4 Å². The second kappa shape index (κ2) is 7.89. The van der Waals surface area contributed by atoms with Gasteiger partial charge in [0.05, 0.1) is 16.4 Å². The summed E-state index contributed by atoms with van der Waals surface area (Å²) in [5.41, 5.74) is 1.79. The number of anilines is 1. The van der Waals surface area contributed by atoms with Gasteiger partial charge in [-0.2, -0.15) is 0 Å². The Balaban J connectivity index is 1.64. The standard InChI is InChI=1S/C22H17Cl2N3O3/c1-13-20(22(29)27(26(13)2)15-6-4-3-5-7-15)25-21(28)19-11-10-18(30-19)16-9-8-14(23)12-17(16)24/h3-12H,1-2H3,(H,25,28). The highest BCUT2D eigenvalue weighted by molar-refractivity contribution is 6.36. The molecule has 2 aromatic heterocycles. The van der Waals surface area contributed by atoms with Crippen LogP contribution in [0.1, 0.15) is 16.2 Å². The summed E-state index contributed by atoms with van der Waals surface area (Å²) in [6.45, 7) is 1.76. The smallest absolute Gasteiger partial charge is 0.295 e. The number of carbonyl (C=O) groups excluding carboxylic acids is 1. The quantitative estimate of drug-likeness (QED) is 0.466. The summed E-state index contributed by atoms with van der Waals surface area (Å²) in [4.78, 5) is 25.7. The molecule has 0 fully saturated rings. The lowest BCUT2D eigenvalue weighted by Gasteiger charge is -2.07. The maximum atomic E-state index is 12.9. The van der Waals surface area contributed by atoms with Gasteiger partial charge in [0.15, 0.2) is 5.76 Å². The van der Waals surface area contributed by atoms with Crippen LogP contribution in [0.5, 0.6) is 0 Å². The molecule has 2 heterocycles. The minimum Gasteiger partial charge on any atom is -0.451 e. The van der Waals surface area contributed by atoms with E-state index in [1.807, 2.05) is 30.3 Å². The third kappa shape index (κ3) is 3.56. The lowest BCUT2D eigenvalue weighted by atomic mass is 10.2. The molecule has 0 radical (unpaired) electrons. The van der Waals surface area contributed by atoms with E-state index >= 15 is 0 Å². The van der Waals surface area contributed by atoms with E-state index in [1.165, 1.54) is 10.7 Å². The lowest BCUT2D eigenvalue weighted by Crippen LogP contribution is -2.22. The molecule has 0 atom stereocenters. The van der Waals surface area contributed by atoms with Crippen LogP contribution in [0, 0.1) is 6.92 Å². The molecule has 152 valence electrons. The minimum absolute atomic E-state index is 0.0601. The van der Waals surface area contributed by atoms with E-state index in [9.17, 15) is 9.59 Å². The number of carbonyl (C=O) groups is 1. The molecule has 6 nitrogen and oxygen atoms in total. The molecule has 0 bridgehead atoms. The zero-order valence-corrected chi connectivity index (χ0v) is 17.7. The van der Waals surface area contributed by atoms with Crippen LogP contribution in [-0.2, 0) is 7.05 Å². The van der Waals surface area contributed by atoms with Crippen LogP contribution >= 0.6 is 23.2 Å². The number of aromatic nitrogens is 2. The first kappa shape index (κ1) is 20.1. The zero-order valence-electron chi connectivity index (χ0n) is 16.1. The fourth-order valence-electron chi connectivity index (χ4n) is 3.18. The highest BCUT2D eigenvalue weighted by Crippen LogP contribution is 2.31. The number of nitrogens with zero attached hydrogens (tertiary/aromatic N) is 2. The number of nitrogens with one attached hydrogen (secondary N) is 1. The van der Waals surface area contributed by atoms with Crippen LogP contribution in [0.15, 0.2) is 69.9 Å². The van der Waals surface area contributed by atoms with Gasteiger partial charge in [-0.15, -0.1) is 0 Å². The van der Waals surface area contributed by atoms with Crippen molar-refractivity contribution in [3.63, 3.8) is 0 Å². The summed E-state index contributed by atoms with van der Waals surface area (Å²) in [6, 6.07) is 17.4. The van der Waals surface area contributed by atoms with Crippen LogP contribution in [0.3, 0.4) is 0 Å². The Morgan fingerprint density at radius 1 is 1.03 bits per heavy atom. The molecule has 1 N–H and O–H groups in total.